The fourth-order valence-corrected chi connectivity index (χ4v) is 5.81. The zero-order valence-corrected chi connectivity index (χ0v) is 13.0. The van der Waals surface area contributed by atoms with E-state index >= 15 is 0 Å². The second-order valence-corrected chi connectivity index (χ2v) is 8.54. The first-order valence-corrected chi connectivity index (χ1v) is 8.87. The zero-order chi connectivity index (χ0) is 14.5. The normalized spacial score (nSPS) is 41.9. The minimum absolute atomic E-state index is 0.0697. The average molecular weight is 291 g/mol. The monoisotopic (exact) mass is 291 g/mol. The number of nitrogens with one attached hydrogen (secondary N) is 2. The van der Waals surface area contributed by atoms with Crippen LogP contribution in [0.5, 0.6) is 0 Å². The predicted molar refractivity (Wildman–Crippen MR) is 82.8 cm³/mol. The van der Waals surface area contributed by atoms with Crippen LogP contribution in [0, 0.1) is 23.2 Å². The van der Waals surface area contributed by atoms with Crippen molar-refractivity contribution in [3.63, 3.8) is 0 Å². The summed E-state index contributed by atoms with van der Waals surface area (Å²) in [6, 6.07) is 0.0697. The molecule has 5 rings (SSSR count). The lowest BCUT2D eigenvalue weighted by Gasteiger charge is -2.56. The average Bonchev–Trinajstić information content (AvgIpc) is 3.15. The van der Waals surface area contributed by atoms with Crippen LogP contribution in [0.2, 0.25) is 0 Å². The maximum atomic E-state index is 12.4. The van der Waals surface area contributed by atoms with Gasteiger partial charge >= 0.3 is 6.03 Å². The van der Waals surface area contributed by atoms with Crippen molar-refractivity contribution in [2.24, 2.45) is 28.9 Å². The van der Waals surface area contributed by atoms with Crippen molar-refractivity contribution in [3.8, 4) is 0 Å². The molecule has 0 heterocycles. The van der Waals surface area contributed by atoms with Gasteiger partial charge in [-0.2, -0.15) is 0 Å². The van der Waals surface area contributed by atoms with Gasteiger partial charge in [-0.1, -0.05) is 0 Å². The van der Waals surface area contributed by atoms with Crippen LogP contribution in [0.15, 0.2) is 0 Å². The summed E-state index contributed by atoms with van der Waals surface area (Å²) in [7, 11) is 0. The molecule has 5 aliphatic rings. The highest BCUT2D eigenvalue weighted by atomic mass is 16.2. The van der Waals surface area contributed by atoms with Gasteiger partial charge in [-0.15, -0.1) is 0 Å². The number of nitrogens with two attached hydrogens (primary N) is 1. The largest absolute Gasteiger partial charge is 0.338 e. The number of rotatable bonds is 5. The van der Waals surface area contributed by atoms with Crippen molar-refractivity contribution in [1.29, 1.82) is 0 Å². The molecule has 0 radical (unpaired) electrons. The topological polar surface area (TPSA) is 67.1 Å². The van der Waals surface area contributed by atoms with Crippen LogP contribution in [0.4, 0.5) is 4.79 Å². The Hall–Kier alpha value is -0.770. The molecule has 21 heavy (non-hydrogen) atoms. The molecule has 4 bridgehead atoms. The minimum atomic E-state index is 0.0697. The van der Waals surface area contributed by atoms with Gasteiger partial charge in [0.15, 0.2) is 0 Å². The van der Waals surface area contributed by atoms with Gasteiger partial charge in [-0.3, -0.25) is 0 Å². The summed E-state index contributed by atoms with van der Waals surface area (Å²) in [6.07, 6.45) is 11.4. The quantitative estimate of drug-likeness (QED) is 0.728. The van der Waals surface area contributed by atoms with E-state index in [4.69, 9.17) is 5.73 Å². The highest BCUT2D eigenvalue weighted by Crippen LogP contribution is 2.55. The van der Waals surface area contributed by atoms with Crippen molar-refractivity contribution in [1.82, 2.24) is 10.6 Å². The van der Waals surface area contributed by atoms with Crippen molar-refractivity contribution in [2.75, 3.05) is 13.1 Å². The van der Waals surface area contributed by atoms with Gasteiger partial charge in [0.2, 0.25) is 0 Å². The summed E-state index contributed by atoms with van der Waals surface area (Å²) >= 11 is 0. The van der Waals surface area contributed by atoms with E-state index in [-0.39, 0.29) is 11.6 Å². The van der Waals surface area contributed by atoms with E-state index in [1.54, 1.807) is 0 Å². The lowest BCUT2D eigenvalue weighted by atomic mass is 9.53. The molecule has 5 fully saturated rings. The second-order valence-electron chi connectivity index (χ2n) is 8.54. The van der Waals surface area contributed by atoms with Crippen LogP contribution in [0.25, 0.3) is 0 Å². The molecule has 0 aromatic heterocycles. The van der Waals surface area contributed by atoms with E-state index < -0.39 is 0 Å². The fraction of sp³-hybridized carbons (Fsp3) is 0.941. The predicted octanol–water partition coefficient (Wildman–Crippen LogP) is 2.38. The Morgan fingerprint density at radius 3 is 2.10 bits per heavy atom. The second kappa shape index (κ2) is 4.87. The van der Waals surface area contributed by atoms with E-state index in [0.717, 1.165) is 37.3 Å². The summed E-state index contributed by atoms with van der Waals surface area (Å²) in [5, 5.41) is 6.53. The maximum absolute atomic E-state index is 12.4. The molecule has 4 heteroatoms. The number of hydrogen-bond donors (Lipinski definition) is 3. The molecule has 0 saturated heterocycles. The number of amides is 2. The summed E-state index contributed by atoms with van der Waals surface area (Å²) in [5.74, 6) is 2.63. The molecule has 0 aromatic rings. The van der Waals surface area contributed by atoms with Crippen molar-refractivity contribution in [2.45, 2.75) is 63.3 Å². The number of urea groups is 1. The van der Waals surface area contributed by atoms with E-state index in [0.29, 0.717) is 5.41 Å². The molecule has 0 aromatic carbocycles. The first-order chi connectivity index (χ1) is 10.1. The van der Waals surface area contributed by atoms with Crippen LogP contribution < -0.4 is 16.4 Å². The molecular weight excluding hydrogens is 262 g/mol. The number of carbonyl (C=O) groups is 1. The van der Waals surface area contributed by atoms with Crippen LogP contribution in [-0.4, -0.2) is 24.7 Å². The Morgan fingerprint density at radius 2 is 1.62 bits per heavy atom. The number of carbonyl (C=O) groups excluding carboxylic acids is 1. The van der Waals surface area contributed by atoms with Crippen molar-refractivity contribution < 1.29 is 4.79 Å². The van der Waals surface area contributed by atoms with Gasteiger partial charge < -0.3 is 16.4 Å². The van der Waals surface area contributed by atoms with E-state index in [1.165, 1.54) is 51.4 Å². The molecular formula is C17H29N3O. The third-order valence-electron chi connectivity index (χ3n) is 6.67. The summed E-state index contributed by atoms with van der Waals surface area (Å²) in [5.41, 5.74) is 6.12. The van der Waals surface area contributed by atoms with Crippen LogP contribution in [0.3, 0.4) is 0 Å². The molecule has 0 aliphatic heterocycles. The van der Waals surface area contributed by atoms with Gasteiger partial charge in [0.1, 0.15) is 0 Å². The molecule has 2 amide bonds. The summed E-state index contributed by atoms with van der Waals surface area (Å²) in [4.78, 5) is 12.4. The Balaban J connectivity index is 1.32. The molecule has 4 nitrogen and oxygen atoms in total. The van der Waals surface area contributed by atoms with Gasteiger partial charge in [-0.25, -0.2) is 4.79 Å². The van der Waals surface area contributed by atoms with Gasteiger partial charge in [-0.05, 0) is 87.5 Å². The molecule has 5 saturated carbocycles. The van der Waals surface area contributed by atoms with Gasteiger partial charge in [0.25, 0.3) is 0 Å². The SMILES string of the molecule is NCCC1(CNC(=O)NC23CC4CC(CC(C4)C2)C3)CC1. The molecule has 5 aliphatic carbocycles. The third-order valence-corrected chi connectivity index (χ3v) is 6.67. The summed E-state index contributed by atoms with van der Waals surface area (Å²) < 4.78 is 0. The van der Waals surface area contributed by atoms with Crippen LogP contribution in [-0.2, 0) is 0 Å². The van der Waals surface area contributed by atoms with Gasteiger partial charge in [0, 0.05) is 12.1 Å². The van der Waals surface area contributed by atoms with Crippen molar-refractivity contribution in [3.05, 3.63) is 0 Å². The first-order valence-electron chi connectivity index (χ1n) is 8.87. The minimum Gasteiger partial charge on any atom is -0.338 e. The maximum Gasteiger partial charge on any atom is 0.315 e. The lowest BCUT2D eigenvalue weighted by molar-refractivity contribution is -0.0135. The fourth-order valence-electron chi connectivity index (χ4n) is 5.81. The van der Waals surface area contributed by atoms with Crippen LogP contribution in [0.1, 0.15) is 57.8 Å². The summed E-state index contributed by atoms with van der Waals surface area (Å²) in [6.45, 7) is 1.54. The van der Waals surface area contributed by atoms with E-state index in [1.807, 2.05) is 0 Å². The Bertz CT molecular complexity index is 394. The van der Waals surface area contributed by atoms with E-state index in [2.05, 4.69) is 10.6 Å². The molecule has 0 spiro atoms. The number of hydrogen-bond acceptors (Lipinski definition) is 2. The molecule has 0 unspecified atom stereocenters. The molecule has 0 atom stereocenters. The highest BCUT2D eigenvalue weighted by molar-refractivity contribution is 5.75. The Kier molecular flexibility index (Phi) is 3.21. The Morgan fingerprint density at radius 1 is 1.05 bits per heavy atom. The smallest absolute Gasteiger partial charge is 0.315 e. The van der Waals surface area contributed by atoms with Crippen molar-refractivity contribution >= 4 is 6.03 Å². The first kappa shape index (κ1) is 13.9. The lowest BCUT2D eigenvalue weighted by Crippen LogP contribution is -2.61. The highest BCUT2D eigenvalue weighted by Gasteiger charge is 2.51. The zero-order valence-electron chi connectivity index (χ0n) is 13.0. The van der Waals surface area contributed by atoms with Crippen LogP contribution >= 0.6 is 0 Å². The molecule has 118 valence electrons. The molecule has 4 N–H and O–H groups in total. The Labute approximate surface area is 127 Å². The van der Waals surface area contributed by atoms with Gasteiger partial charge in [0.05, 0.1) is 0 Å². The third kappa shape index (κ3) is 2.67. The van der Waals surface area contributed by atoms with E-state index in [9.17, 15) is 4.79 Å². The standard InChI is InChI=1S/C17H29N3O/c18-4-3-16(1-2-16)11-19-15(21)20-17-8-12-5-13(9-17)7-14(6-12)10-17/h12-14H,1-11,18H2,(H2,19,20,21).